The van der Waals surface area contributed by atoms with E-state index in [9.17, 15) is 14.7 Å². The minimum atomic E-state index is -1.16. The maximum atomic E-state index is 11.9. The zero-order valence-corrected chi connectivity index (χ0v) is 12.7. The van der Waals surface area contributed by atoms with Crippen molar-refractivity contribution in [3.8, 4) is 0 Å². The van der Waals surface area contributed by atoms with Crippen molar-refractivity contribution in [2.45, 2.75) is 58.0 Å². The topological polar surface area (TPSA) is 81.7 Å². The Labute approximate surface area is 120 Å². The fraction of sp³-hybridized carbons (Fsp3) is 0.857. The molecule has 0 aromatic carbocycles. The smallest absolute Gasteiger partial charge is 0.329 e. The Bertz CT molecular complexity index is 343. The van der Waals surface area contributed by atoms with Crippen LogP contribution in [-0.4, -0.2) is 53.2 Å². The largest absolute Gasteiger partial charge is 0.480 e. The lowest BCUT2D eigenvalue weighted by Gasteiger charge is -2.29. The highest BCUT2D eigenvalue weighted by molar-refractivity contribution is 5.86. The number of carbonyl (C=O) groups excluding carboxylic acids is 1. The van der Waals surface area contributed by atoms with Crippen LogP contribution in [0.1, 0.15) is 46.5 Å². The third-order valence-corrected chi connectivity index (χ3v) is 4.37. The van der Waals surface area contributed by atoms with Crippen LogP contribution in [0.5, 0.6) is 0 Å². The summed E-state index contributed by atoms with van der Waals surface area (Å²) in [4.78, 5) is 25.6. The summed E-state index contributed by atoms with van der Waals surface area (Å²) in [6, 6.07) is -0.0210. The summed E-state index contributed by atoms with van der Waals surface area (Å²) in [7, 11) is 0. The van der Waals surface area contributed by atoms with Gasteiger partial charge in [-0.2, -0.15) is 0 Å². The van der Waals surface area contributed by atoms with Crippen molar-refractivity contribution in [1.82, 2.24) is 15.5 Å². The van der Waals surface area contributed by atoms with Gasteiger partial charge in [0.05, 0.1) is 0 Å². The molecule has 1 saturated heterocycles. The summed E-state index contributed by atoms with van der Waals surface area (Å²) in [5.74, 6) is -0.978. The van der Waals surface area contributed by atoms with E-state index in [1.54, 1.807) is 13.8 Å². The molecule has 6 nitrogen and oxygen atoms in total. The van der Waals surface area contributed by atoms with Crippen molar-refractivity contribution >= 4 is 12.0 Å². The average Bonchev–Trinajstić information content (AvgIpc) is 2.89. The predicted octanol–water partition coefficient (Wildman–Crippen LogP) is 1.41. The standard InChI is InChI=1S/C14H27N3O3/c1-4-14(5-2,12(18)19)16-13(20)15-10-11-8-7-9-17(11)6-3/h11H,4-10H2,1-3H3,(H,18,19)(H2,15,16,20). The van der Waals surface area contributed by atoms with Gasteiger partial charge in [0.25, 0.3) is 0 Å². The van der Waals surface area contributed by atoms with Crippen LogP contribution in [0.15, 0.2) is 0 Å². The molecule has 1 rings (SSSR count). The number of hydrogen-bond acceptors (Lipinski definition) is 3. The van der Waals surface area contributed by atoms with Crippen molar-refractivity contribution < 1.29 is 14.7 Å². The summed E-state index contributed by atoms with van der Waals surface area (Å²) in [5, 5.41) is 14.7. The molecule has 0 spiro atoms. The third-order valence-electron chi connectivity index (χ3n) is 4.37. The van der Waals surface area contributed by atoms with E-state index in [0.717, 1.165) is 25.9 Å². The second-order valence-corrected chi connectivity index (χ2v) is 5.35. The molecule has 1 heterocycles. The number of rotatable bonds is 7. The summed E-state index contributed by atoms with van der Waals surface area (Å²) in [6.45, 7) is 8.29. The monoisotopic (exact) mass is 285 g/mol. The van der Waals surface area contributed by atoms with E-state index < -0.39 is 11.5 Å². The van der Waals surface area contributed by atoms with Crippen molar-refractivity contribution in [3.05, 3.63) is 0 Å². The van der Waals surface area contributed by atoms with Gasteiger partial charge in [-0.15, -0.1) is 0 Å². The van der Waals surface area contributed by atoms with Crippen molar-refractivity contribution in [3.63, 3.8) is 0 Å². The fourth-order valence-corrected chi connectivity index (χ4v) is 2.80. The number of likely N-dealkylation sites (tertiary alicyclic amines) is 1. The van der Waals surface area contributed by atoms with Crippen LogP contribution in [-0.2, 0) is 4.79 Å². The number of carboxylic acid groups (broad SMARTS) is 1. The van der Waals surface area contributed by atoms with E-state index in [0.29, 0.717) is 25.4 Å². The van der Waals surface area contributed by atoms with Gasteiger partial charge in [-0.1, -0.05) is 20.8 Å². The molecule has 0 aromatic heterocycles. The number of hydrogen-bond donors (Lipinski definition) is 3. The van der Waals surface area contributed by atoms with Gasteiger partial charge in [-0.25, -0.2) is 9.59 Å². The molecule has 20 heavy (non-hydrogen) atoms. The minimum absolute atomic E-state index is 0.369. The molecule has 1 atom stereocenters. The number of aliphatic carboxylic acids is 1. The molecule has 0 bridgehead atoms. The first-order valence-corrected chi connectivity index (χ1v) is 7.52. The number of carboxylic acids is 1. The molecule has 0 aliphatic carbocycles. The SMILES string of the molecule is CCN1CCCC1CNC(=O)NC(CC)(CC)C(=O)O. The molecule has 1 aliphatic rings. The molecule has 1 aliphatic heterocycles. The Kier molecular flexibility index (Phi) is 6.26. The van der Waals surface area contributed by atoms with Gasteiger partial charge in [0, 0.05) is 12.6 Å². The van der Waals surface area contributed by atoms with Gasteiger partial charge < -0.3 is 15.7 Å². The second kappa shape index (κ2) is 7.47. The van der Waals surface area contributed by atoms with Gasteiger partial charge in [-0.05, 0) is 38.8 Å². The first-order chi connectivity index (χ1) is 9.49. The Balaban J connectivity index is 2.48. The highest BCUT2D eigenvalue weighted by Crippen LogP contribution is 2.17. The van der Waals surface area contributed by atoms with E-state index >= 15 is 0 Å². The third kappa shape index (κ3) is 3.85. The Morgan fingerprint density at radius 2 is 1.95 bits per heavy atom. The van der Waals surface area contributed by atoms with Crippen LogP contribution in [0.25, 0.3) is 0 Å². The van der Waals surface area contributed by atoms with Crippen LogP contribution in [0, 0.1) is 0 Å². The van der Waals surface area contributed by atoms with E-state index in [1.165, 1.54) is 0 Å². The first kappa shape index (κ1) is 16.8. The van der Waals surface area contributed by atoms with Crippen LogP contribution in [0.4, 0.5) is 4.79 Å². The lowest BCUT2D eigenvalue weighted by molar-refractivity contribution is -0.144. The number of urea groups is 1. The lowest BCUT2D eigenvalue weighted by Crippen LogP contribution is -2.57. The van der Waals surface area contributed by atoms with Gasteiger partial charge in [-0.3, -0.25) is 4.90 Å². The lowest BCUT2D eigenvalue weighted by atomic mass is 9.93. The first-order valence-electron chi connectivity index (χ1n) is 7.52. The molecule has 1 unspecified atom stereocenters. The maximum absolute atomic E-state index is 11.9. The van der Waals surface area contributed by atoms with Crippen LogP contribution >= 0.6 is 0 Å². The van der Waals surface area contributed by atoms with Crippen LogP contribution in [0.3, 0.4) is 0 Å². The summed E-state index contributed by atoms with van der Waals surface area (Å²) >= 11 is 0. The van der Waals surface area contributed by atoms with Crippen LogP contribution in [0.2, 0.25) is 0 Å². The number of nitrogens with one attached hydrogen (secondary N) is 2. The zero-order chi connectivity index (χ0) is 15.2. The number of nitrogens with zero attached hydrogens (tertiary/aromatic N) is 1. The fourth-order valence-electron chi connectivity index (χ4n) is 2.80. The molecule has 6 heteroatoms. The minimum Gasteiger partial charge on any atom is -0.480 e. The Morgan fingerprint density at radius 3 is 2.45 bits per heavy atom. The van der Waals surface area contributed by atoms with Gasteiger partial charge >= 0.3 is 12.0 Å². The van der Waals surface area contributed by atoms with E-state index in [4.69, 9.17) is 0 Å². The Hall–Kier alpha value is -1.30. The highest BCUT2D eigenvalue weighted by atomic mass is 16.4. The molecular weight excluding hydrogens is 258 g/mol. The van der Waals surface area contributed by atoms with Gasteiger partial charge in [0.1, 0.15) is 5.54 Å². The quantitative estimate of drug-likeness (QED) is 0.660. The average molecular weight is 285 g/mol. The van der Waals surface area contributed by atoms with Gasteiger partial charge in [0.2, 0.25) is 0 Å². The highest BCUT2D eigenvalue weighted by Gasteiger charge is 2.36. The van der Waals surface area contributed by atoms with Crippen molar-refractivity contribution in [2.75, 3.05) is 19.6 Å². The van der Waals surface area contributed by atoms with Crippen LogP contribution < -0.4 is 10.6 Å². The number of likely N-dealkylation sites (N-methyl/N-ethyl adjacent to an activating group) is 1. The second-order valence-electron chi connectivity index (χ2n) is 5.35. The summed E-state index contributed by atoms with van der Waals surface area (Å²) in [6.07, 6.45) is 2.98. The molecule has 1 fully saturated rings. The predicted molar refractivity (Wildman–Crippen MR) is 77.8 cm³/mol. The summed E-state index contributed by atoms with van der Waals surface area (Å²) < 4.78 is 0. The molecule has 116 valence electrons. The number of carbonyl (C=O) groups is 2. The van der Waals surface area contributed by atoms with Gasteiger partial charge in [0.15, 0.2) is 0 Å². The Morgan fingerprint density at radius 1 is 1.30 bits per heavy atom. The molecule has 2 amide bonds. The van der Waals surface area contributed by atoms with Crippen molar-refractivity contribution in [2.24, 2.45) is 0 Å². The molecule has 0 aromatic rings. The molecular formula is C14H27N3O3. The van der Waals surface area contributed by atoms with Crippen molar-refractivity contribution in [1.29, 1.82) is 0 Å². The summed E-state index contributed by atoms with van der Waals surface area (Å²) in [5.41, 5.74) is -1.16. The molecule has 3 N–H and O–H groups in total. The molecule has 0 radical (unpaired) electrons. The van der Waals surface area contributed by atoms with E-state index in [2.05, 4.69) is 22.5 Å². The normalized spacial score (nSPS) is 19.9. The van der Waals surface area contributed by atoms with E-state index in [1.807, 2.05) is 0 Å². The van der Waals surface area contributed by atoms with E-state index in [-0.39, 0.29) is 6.03 Å². The zero-order valence-electron chi connectivity index (χ0n) is 12.7. The number of amides is 2. The molecule has 0 saturated carbocycles. The maximum Gasteiger partial charge on any atom is 0.329 e.